The molecule has 13 heavy (non-hydrogen) atoms. The van der Waals surface area contributed by atoms with Crippen molar-refractivity contribution in [3.63, 3.8) is 0 Å². The van der Waals surface area contributed by atoms with Crippen LogP contribution in [0.3, 0.4) is 0 Å². The van der Waals surface area contributed by atoms with Crippen molar-refractivity contribution in [1.82, 2.24) is 14.6 Å². The number of fused-ring (bicyclic) bond motifs is 1. The van der Waals surface area contributed by atoms with Crippen LogP contribution in [0.1, 0.15) is 0 Å². The van der Waals surface area contributed by atoms with E-state index in [2.05, 4.69) is 10.2 Å². The average molecular weight is 194 g/mol. The van der Waals surface area contributed by atoms with Gasteiger partial charge in [0.15, 0.2) is 10.8 Å². The Balaban J connectivity index is 2.35. The quantitative estimate of drug-likeness (QED) is 0.734. The smallest absolute Gasteiger partial charge is 0.195 e. The molecular formula is C8H10N4S. The van der Waals surface area contributed by atoms with E-state index >= 15 is 0 Å². The third-order valence-electron chi connectivity index (χ3n) is 1.63. The maximum Gasteiger partial charge on any atom is 0.195 e. The Hall–Kier alpha value is -1.07. The molecule has 0 aromatic carbocycles. The number of nitrogens with zero attached hydrogens (tertiary/aromatic N) is 3. The number of hydrogen-bond acceptors (Lipinski definition) is 4. The van der Waals surface area contributed by atoms with Gasteiger partial charge in [-0.2, -0.15) is 0 Å². The van der Waals surface area contributed by atoms with Gasteiger partial charge < -0.3 is 5.73 Å². The van der Waals surface area contributed by atoms with E-state index in [1.165, 1.54) is 0 Å². The van der Waals surface area contributed by atoms with Gasteiger partial charge in [-0.3, -0.25) is 4.40 Å². The molecule has 5 heteroatoms. The normalized spacial score (nSPS) is 10.8. The molecule has 2 N–H and O–H groups in total. The highest BCUT2D eigenvalue weighted by atomic mass is 32.2. The molecule has 0 aliphatic carbocycles. The lowest BCUT2D eigenvalue weighted by molar-refractivity contribution is 0.920. The van der Waals surface area contributed by atoms with Crippen LogP contribution in [0.15, 0.2) is 29.6 Å². The molecule has 0 unspecified atom stereocenters. The first-order chi connectivity index (χ1) is 6.42. The first kappa shape index (κ1) is 8.52. The fourth-order valence-electron chi connectivity index (χ4n) is 1.07. The number of nitrogens with two attached hydrogens (primary N) is 1. The second kappa shape index (κ2) is 3.76. The van der Waals surface area contributed by atoms with Gasteiger partial charge in [0.05, 0.1) is 0 Å². The van der Waals surface area contributed by atoms with Crippen molar-refractivity contribution >= 4 is 17.4 Å². The van der Waals surface area contributed by atoms with Crippen molar-refractivity contribution in [2.24, 2.45) is 5.73 Å². The summed E-state index contributed by atoms with van der Waals surface area (Å²) in [7, 11) is 0. The molecule has 2 heterocycles. The van der Waals surface area contributed by atoms with Crippen LogP contribution in [-0.2, 0) is 0 Å². The largest absolute Gasteiger partial charge is 0.330 e. The van der Waals surface area contributed by atoms with E-state index in [4.69, 9.17) is 5.73 Å². The number of pyridine rings is 1. The molecule has 4 nitrogen and oxygen atoms in total. The van der Waals surface area contributed by atoms with Crippen molar-refractivity contribution in [3.05, 3.63) is 24.4 Å². The van der Waals surface area contributed by atoms with Crippen LogP contribution in [0.2, 0.25) is 0 Å². The molecular weight excluding hydrogens is 184 g/mol. The number of aromatic nitrogens is 3. The third-order valence-corrected chi connectivity index (χ3v) is 2.61. The van der Waals surface area contributed by atoms with Gasteiger partial charge in [-0.05, 0) is 12.1 Å². The van der Waals surface area contributed by atoms with Gasteiger partial charge in [-0.1, -0.05) is 17.8 Å². The van der Waals surface area contributed by atoms with Crippen molar-refractivity contribution in [2.75, 3.05) is 12.3 Å². The molecule has 0 spiro atoms. The Morgan fingerprint density at radius 1 is 1.38 bits per heavy atom. The molecule has 0 aliphatic rings. The van der Waals surface area contributed by atoms with Gasteiger partial charge in [0.2, 0.25) is 0 Å². The van der Waals surface area contributed by atoms with E-state index in [1.807, 2.05) is 28.8 Å². The zero-order valence-electron chi connectivity index (χ0n) is 7.05. The molecule has 2 aromatic heterocycles. The summed E-state index contributed by atoms with van der Waals surface area (Å²) in [6.45, 7) is 0.659. The number of hydrogen-bond donors (Lipinski definition) is 1. The molecule has 0 bridgehead atoms. The molecule has 0 saturated carbocycles. The Bertz CT molecular complexity index is 398. The van der Waals surface area contributed by atoms with Crippen molar-refractivity contribution in [3.8, 4) is 0 Å². The van der Waals surface area contributed by atoms with E-state index < -0.39 is 0 Å². The van der Waals surface area contributed by atoms with Crippen LogP contribution < -0.4 is 5.73 Å². The van der Waals surface area contributed by atoms with E-state index in [9.17, 15) is 0 Å². The summed E-state index contributed by atoms with van der Waals surface area (Å²) in [6.07, 6.45) is 1.95. The maximum absolute atomic E-state index is 5.41. The van der Waals surface area contributed by atoms with Crippen molar-refractivity contribution in [1.29, 1.82) is 0 Å². The summed E-state index contributed by atoms with van der Waals surface area (Å²) in [5.74, 6) is 0.871. The second-order valence-electron chi connectivity index (χ2n) is 2.55. The van der Waals surface area contributed by atoms with Crippen LogP contribution in [0.5, 0.6) is 0 Å². The highest BCUT2D eigenvalue weighted by Crippen LogP contribution is 2.15. The summed E-state index contributed by atoms with van der Waals surface area (Å²) in [5, 5.41) is 8.98. The van der Waals surface area contributed by atoms with Crippen LogP contribution in [-0.4, -0.2) is 26.9 Å². The van der Waals surface area contributed by atoms with Gasteiger partial charge in [0, 0.05) is 18.5 Å². The Kier molecular flexibility index (Phi) is 2.47. The lowest BCUT2D eigenvalue weighted by Crippen LogP contribution is -2.01. The Morgan fingerprint density at radius 2 is 2.31 bits per heavy atom. The monoisotopic (exact) mass is 194 g/mol. The molecule has 0 amide bonds. The van der Waals surface area contributed by atoms with E-state index in [0.29, 0.717) is 6.54 Å². The topological polar surface area (TPSA) is 56.2 Å². The number of rotatable bonds is 3. The highest BCUT2D eigenvalue weighted by Gasteiger charge is 2.02. The van der Waals surface area contributed by atoms with E-state index in [-0.39, 0.29) is 0 Å². The molecule has 0 saturated heterocycles. The fourth-order valence-corrected chi connectivity index (χ4v) is 1.76. The van der Waals surface area contributed by atoms with Gasteiger partial charge in [0.1, 0.15) is 0 Å². The first-order valence-corrected chi connectivity index (χ1v) is 5.03. The molecule has 0 atom stereocenters. The minimum absolute atomic E-state index is 0.659. The zero-order chi connectivity index (χ0) is 9.10. The molecule has 2 aromatic rings. The fraction of sp³-hybridized carbons (Fsp3) is 0.250. The van der Waals surface area contributed by atoms with Crippen LogP contribution in [0.4, 0.5) is 0 Å². The van der Waals surface area contributed by atoms with Gasteiger partial charge in [0.25, 0.3) is 0 Å². The average Bonchev–Trinajstić information content (AvgIpc) is 2.58. The van der Waals surface area contributed by atoms with E-state index in [1.54, 1.807) is 11.8 Å². The summed E-state index contributed by atoms with van der Waals surface area (Å²) >= 11 is 1.62. The summed E-state index contributed by atoms with van der Waals surface area (Å²) in [5.41, 5.74) is 6.29. The predicted octanol–water partition coefficient (Wildman–Crippen LogP) is 0.780. The molecule has 2 rings (SSSR count). The molecule has 68 valence electrons. The predicted molar refractivity (Wildman–Crippen MR) is 52.8 cm³/mol. The Morgan fingerprint density at radius 3 is 3.15 bits per heavy atom. The molecule has 0 fully saturated rings. The zero-order valence-corrected chi connectivity index (χ0v) is 7.87. The summed E-state index contributed by atoms with van der Waals surface area (Å²) in [4.78, 5) is 0. The van der Waals surface area contributed by atoms with Crippen LogP contribution >= 0.6 is 11.8 Å². The lowest BCUT2D eigenvalue weighted by Gasteiger charge is -1.96. The third kappa shape index (κ3) is 1.66. The van der Waals surface area contributed by atoms with Crippen molar-refractivity contribution < 1.29 is 0 Å². The maximum atomic E-state index is 5.41. The number of thioether (sulfide) groups is 1. The highest BCUT2D eigenvalue weighted by molar-refractivity contribution is 7.99. The van der Waals surface area contributed by atoms with Crippen molar-refractivity contribution in [2.45, 2.75) is 5.16 Å². The Labute approximate surface area is 80.2 Å². The van der Waals surface area contributed by atoms with Gasteiger partial charge in [-0.15, -0.1) is 10.2 Å². The van der Waals surface area contributed by atoms with Gasteiger partial charge >= 0.3 is 0 Å². The van der Waals surface area contributed by atoms with Crippen LogP contribution in [0, 0.1) is 0 Å². The molecule has 0 aliphatic heterocycles. The SMILES string of the molecule is NCCSc1nnc2ccccn12. The minimum atomic E-state index is 0.659. The first-order valence-electron chi connectivity index (χ1n) is 4.04. The second-order valence-corrected chi connectivity index (χ2v) is 3.61. The van der Waals surface area contributed by atoms with Crippen LogP contribution in [0.25, 0.3) is 5.65 Å². The minimum Gasteiger partial charge on any atom is -0.330 e. The lowest BCUT2D eigenvalue weighted by atomic mass is 10.5. The van der Waals surface area contributed by atoms with Gasteiger partial charge in [-0.25, -0.2) is 0 Å². The standard InChI is InChI=1S/C8H10N4S/c9-4-6-13-8-11-10-7-3-1-2-5-12(7)8/h1-3,5H,4,6,9H2. The summed E-state index contributed by atoms with van der Waals surface area (Å²) < 4.78 is 1.96. The molecule has 0 radical (unpaired) electrons. The summed E-state index contributed by atoms with van der Waals surface area (Å²) in [6, 6.07) is 5.84. The van der Waals surface area contributed by atoms with E-state index in [0.717, 1.165) is 16.6 Å².